The third kappa shape index (κ3) is 4.91. The van der Waals surface area contributed by atoms with Crippen LogP contribution in [0.4, 0.5) is 11.6 Å². The molecule has 3 aliphatic heterocycles. The predicted octanol–water partition coefficient (Wildman–Crippen LogP) is 3.96. The van der Waals surface area contributed by atoms with E-state index in [0.29, 0.717) is 29.9 Å². The molecule has 0 radical (unpaired) electrons. The minimum atomic E-state index is 0.147. The van der Waals surface area contributed by atoms with Gasteiger partial charge in [0.2, 0.25) is 0 Å². The normalized spacial score (nSPS) is 28.8. The number of rotatable bonds is 6. The molecule has 3 aromatic rings. The summed E-state index contributed by atoms with van der Waals surface area (Å²) in [5.41, 5.74) is 8.79. The van der Waals surface area contributed by atoms with E-state index in [2.05, 4.69) is 44.4 Å². The molecule has 6 rings (SSSR count). The lowest BCUT2D eigenvalue weighted by molar-refractivity contribution is 0.0277. The van der Waals surface area contributed by atoms with Crippen LogP contribution in [0, 0.1) is 0 Å². The van der Waals surface area contributed by atoms with Crippen LogP contribution in [0.5, 0.6) is 5.75 Å². The molecule has 2 aromatic heterocycles. The highest BCUT2D eigenvalue weighted by atomic mass is 16.3. The molecule has 1 aromatic carbocycles. The van der Waals surface area contributed by atoms with E-state index in [4.69, 9.17) is 4.98 Å². The van der Waals surface area contributed by atoms with Crippen molar-refractivity contribution in [3.8, 4) is 5.75 Å². The molecular formula is C27H35N7O. The van der Waals surface area contributed by atoms with E-state index in [0.717, 1.165) is 48.3 Å². The van der Waals surface area contributed by atoms with Crippen molar-refractivity contribution >= 4 is 22.5 Å². The van der Waals surface area contributed by atoms with Gasteiger partial charge in [0.25, 0.3) is 0 Å². The van der Waals surface area contributed by atoms with Gasteiger partial charge in [-0.05, 0) is 68.9 Å². The number of piperidine rings is 2. The van der Waals surface area contributed by atoms with E-state index in [9.17, 15) is 5.11 Å². The fraction of sp³-hybridized carbons (Fsp3) is 0.481. The minimum absolute atomic E-state index is 0.147. The maximum absolute atomic E-state index is 9.64. The van der Waals surface area contributed by atoms with Gasteiger partial charge < -0.3 is 15.7 Å². The van der Waals surface area contributed by atoms with Crippen LogP contribution in [0.25, 0.3) is 10.9 Å². The smallest absolute Gasteiger partial charge is 0.138 e. The number of anilines is 2. The fourth-order valence-corrected chi connectivity index (χ4v) is 6.11. The Kier molecular flexibility index (Phi) is 6.18. The van der Waals surface area contributed by atoms with Gasteiger partial charge in [0, 0.05) is 48.4 Å². The number of hydrogen-bond donors (Lipinski definition) is 5. The second kappa shape index (κ2) is 9.60. The molecule has 3 saturated heterocycles. The minimum Gasteiger partial charge on any atom is -0.508 e. The molecule has 8 nitrogen and oxygen atoms in total. The highest BCUT2D eigenvalue weighted by Crippen LogP contribution is 2.37. The van der Waals surface area contributed by atoms with Gasteiger partial charge in [-0.3, -0.25) is 15.3 Å². The van der Waals surface area contributed by atoms with Crippen molar-refractivity contribution in [3.63, 3.8) is 0 Å². The number of hydrogen-bond acceptors (Lipinski definition) is 8. The van der Waals surface area contributed by atoms with E-state index < -0.39 is 0 Å². The number of nitrogens with one attached hydrogen (secondary N) is 4. The third-order valence-corrected chi connectivity index (χ3v) is 7.78. The molecule has 8 heteroatoms. The number of benzene rings is 1. The lowest BCUT2D eigenvalue weighted by atomic mass is 9.81. The second-order valence-electron chi connectivity index (χ2n) is 10.4. The van der Waals surface area contributed by atoms with Gasteiger partial charge in [-0.25, -0.2) is 10.4 Å². The lowest BCUT2D eigenvalue weighted by Crippen LogP contribution is -2.54. The number of aromatic hydroxyl groups is 1. The Morgan fingerprint density at radius 2 is 1.83 bits per heavy atom. The summed E-state index contributed by atoms with van der Waals surface area (Å²) in [5, 5.41) is 18.1. The topological polar surface area (TPSA) is 97.4 Å². The first-order valence-electron chi connectivity index (χ1n) is 12.9. The molecule has 0 aliphatic carbocycles. The average Bonchev–Trinajstić information content (AvgIpc) is 3.25. The Balaban J connectivity index is 1.20. The first kappa shape index (κ1) is 22.5. The first-order chi connectivity index (χ1) is 17.1. The van der Waals surface area contributed by atoms with E-state index in [-0.39, 0.29) is 6.17 Å². The van der Waals surface area contributed by atoms with Gasteiger partial charge in [-0.2, -0.15) is 0 Å². The maximum Gasteiger partial charge on any atom is 0.138 e. The van der Waals surface area contributed by atoms with Crippen molar-refractivity contribution in [2.75, 3.05) is 10.6 Å². The largest absolute Gasteiger partial charge is 0.508 e. The zero-order valence-electron chi connectivity index (χ0n) is 20.2. The van der Waals surface area contributed by atoms with Crippen molar-refractivity contribution in [3.05, 3.63) is 54.2 Å². The molecule has 3 unspecified atom stereocenters. The fourth-order valence-electron chi connectivity index (χ4n) is 6.11. The van der Waals surface area contributed by atoms with Crippen LogP contribution < -0.4 is 21.5 Å². The van der Waals surface area contributed by atoms with E-state index >= 15 is 0 Å². The third-order valence-electron chi connectivity index (χ3n) is 7.78. The van der Waals surface area contributed by atoms with Gasteiger partial charge in [0.05, 0.1) is 11.7 Å². The quantitative estimate of drug-likeness (QED) is 0.367. The van der Waals surface area contributed by atoms with Crippen LogP contribution in [0.2, 0.25) is 0 Å². The number of hydrazine groups is 1. The van der Waals surface area contributed by atoms with Crippen molar-refractivity contribution in [2.45, 2.75) is 82.3 Å². The summed E-state index contributed by atoms with van der Waals surface area (Å²) in [5.74, 6) is 2.10. The van der Waals surface area contributed by atoms with E-state index in [1.807, 2.05) is 30.5 Å². The molecule has 0 spiro atoms. The molecule has 184 valence electrons. The van der Waals surface area contributed by atoms with Gasteiger partial charge in [0.15, 0.2) is 0 Å². The Morgan fingerprint density at radius 1 is 1.03 bits per heavy atom. The maximum atomic E-state index is 9.64. The summed E-state index contributed by atoms with van der Waals surface area (Å²) in [6.45, 7) is 3.12. The molecule has 3 fully saturated rings. The highest BCUT2D eigenvalue weighted by molar-refractivity contribution is 5.91. The molecule has 0 saturated carbocycles. The standard InChI is InChI=1S/C27H35N7O/c1-17-12-26(33-32-17)30-25-15-24-23(6-3-11-28-24)27(31-25)29-19-13-20-4-2-5-21(14-19)34(20)16-18-7-9-22(35)10-8-18/h3,6-11,15,17,19-21,26,32-33,35H,2,4-5,12-14,16H2,1H3,(H2,29,30,31)/t17?,19?,20-,21+,26?. The SMILES string of the molecule is CC1CC(Nc2cc3ncccc3c(NC3C[C@H]4CCC[C@@H](C3)N4Cc3ccc(O)cc3)n2)NN1. The monoisotopic (exact) mass is 473 g/mol. The second-order valence-corrected chi connectivity index (χ2v) is 10.4. The first-order valence-corrected chi connectivity index (χ1v) is 12.9. The summed E-state index contributed by atoms with van der Waals surface area (Å²) in [4.78, 5) is 12.3. The zero-order valence-corrected chi connectivity index (χ0v) is 20.2. The predicted molar refractivity (Wildman–Crippen MR) is 139 cm³/mol. The van der Waals surface area contributed by atoms with Crippen molar-refractivity contribution in [1.29, 1.82) is 0 Å². The molecule has 5 heterocycles. The molecule has 5 N–H and O–H groups in total. The lowest BCUT2D eigenvalue weighted by Gasteiger charge is -2.49. The van der Waals surface area contributed by atoms with Crippen LogP contribution in [-0.2, 0) is 6.54 Å². The molecular weight excluding hydrogens is 438 g/mol. The number of aromatic nitrogens is 2. The molecule has 0 amide bonds. The number of nitrogens with zero attached hydrogens (tertiary/aromatic N) is 3. The van der Waals surface area contributed by atoms with Crippen LogP contribution >= 0.6 is 0 Å². The highest BCUT2D eigenvalue weighted by Gasteiger charge is 2.38. The van der Waals surface area contributed by atoms with Gasteiger partial charge >= 0.3 is 0 Å². The number of pyridine rings is 2. The summed E-state index contributed by atoms with van der Waals surface area (Å²) in [7, 11) is 0. The Hall–Kier alpha value is -2.94. The number of fused-ring (bicyclic) bond motifs is 3. The summed E-state index contributed by atoms with van der Waals surface area (Å²) >= 11 is 0. The van der Waals surface area contributed by atoms with Crippen LogP contribution in [0.15, 0.2) is 48.7 Å². The van der Waals surface area contributed by atoms with E-state index in [1.54, 1.807) is 12.1 Å². The van der Waals surface area contributed by atoms with Gasteiger partial charge in [-0.15, -0.1) is 0 Å². The van der Waals surface area contributed by atoms with Gasteiger partial charge in [-0.1, -0.05) is 18.6 Å². The molecule has 5 atom stereocenters. The summed E-state index contributed by atoms with van der Waals surface area (Å²) in [6.07, 6.45) is 8.99. The summed E-state index contributed by atoms with van der Waals surface area (Å²) < 4.78 is 0. The molecule has 35 heavy (non-hydrogen) atoms. The zero-order chi connectivity index (χ0) is 23.8. The van der Waals surface area contributed by atoms with Crippen molar-refractivity contribution in [2.24, 2.45) is 0 Å². The summed E-state index contributed by atoms with van der Waals surface area (Å²) in [6, 6.07) is 15.8. The Labute approximate surface area is 206 Å². The van der Waals surface area contributed by atoms with Gasteiger partial charge in [0.1, 0.15) is 17.4 Å². The van der Waals surface area contributed by atoms with Crippen molar-refractivity contribution in [1.82, 2.24) is 25.7 Å². The van der Waals surface area contributed by atoms with Crippen LogP contribution in [0.1, 0.15) is 51.0 Å². The number of phenolic OH excluding ortho intramolecular Hbond substituents is 1. The Bertz CT molecular complexity index is 1160. The van der Waals surface area contributed by atoms with Crippen LogP contribution in [0.3, 0.4) is 0 Å². The van der Waals surface area contributed by atoms with E-state index in [1.165, 1.54) is 24.8 Å². The number of phenols is 1. The Morgan fingerprint density at radius 3 is 2.57 bits per heavy atom. The van der Waals surface area contributed by atoms with Crippen LogP contribution in [-0.4, -0.2) is 50.3 Å². The van der Waals surface area contributed by atoms with Crippen molar-refractivity contribution < 1.29 is 5.11 Å². The molecule has 2 bridgehead atoms. The average molecular weight is 474 g/mol. The molecule has 3 aliphatic rings.